The van der Waals surface area contributed by atoms with Gasteiger partial charge in [0.05, 0.1) is 15.9 Å². The van der Waals surface area contributed by atoms with Gasteiger partial charge in [0.15, 0.2) is 11.4 Å². The molecule has 114 valence electrons. The van der Waals surface area contributed by atoms with E-state index in [1.54, 1.807) is 6.20 Å². The highest BCUT2D eigenvalue weighted by Gasteiger charge is 2.38. The maximum Gasteiger partial charge on any atom is 0.437 e. The molecule has 2 rings (SSSR count). The zero-order chi connectivity index (χ0) is 15.8. The van der Waals surface area contributed by atoms with Gasteiger partial charge in [0.1, 0.15) is 0 Å². The van der Waals surface area contributed by atoms with E-state index < -0.39 is 23.5 Å². The van der Waals surface area contributed by atoms with Crippen LogP contribution in [0.1, 0.15) is 28.8 Å². The Hall–Kier alpha value is -1.84. The summed E-state index contributed by atoms with van der Waals surface area (Å²) in [6, 6.07) is 0. The van der Waals surface area contributed by atoms with E-state index in [2.05, 4.69) is 36.5 Å². The molecule has 0 aliphatic heterocycles. The fourth-order valence-corrected chi connectivity index (χ4v) is 2.17. The number of anilines is 1. The van der Waals surface area contributed by atoms with Crippen LogP contribution in [-0.2, 0) is 12.7 Å². The number of rotatable bonds is 3. The molecule has 0 unspecified atom stereocenters. The van der Waals surface area contributed by atoms with Crippen LogP contribution in [0.25, 0.3) is 0 Å². The molecule has 0 fully saturated rings. The van der Waals surface area contributed by atoms with Gasteiger partial charge >= 0.3 is 6.18 Å². The van der Waals surface area contributed by atoms with Crippen molar-refractivity contribution >= 4 is 27.5 Å². The monoisotopic (exact) mass is 365 g/mol. The lowest BCUT2D eigenvalue weighted by Crippen LogP contribution is -2.17. The summed E-state index contributed by atoms with van der Waals surface area (Å²) < 4.78 is 40.3. The van der Waals surface area contributed by atoms with Crippen molar-refractivity contribution in [1.29, 1.82) is 0 Å². The third kappa shape index (κ3) is 3.09. The van der Waals surface area contributed by atoms with E-state index in [4.69, 9.17) is 0 Å². The second-order valence-electron chi connectivity index (χ2n) is 4.21. The number of hydrogen-bond acceptors (Lipinski definition) is 3. The number of nitrogens with one attached hydrogen (secondary N) is 2. The number of carbonyl (C=O) groups is 1. The number of H-pyrrole nitrogens is 1. The Labute approximate surface area is 125 Å². The van der Waals surface area contributed by atoms with Crippen LogP contribution >= 0.6 is 15.9 Å². The van der Waals surface area contributed by atoms with Crippen LogP contribution < -0.4 is 5.32 Å². The lowest BCUT2D eigenvalue weighted by molar-refractivity contribution is -0.140. The Morgan fingerprint density at radius 3 is 2.71 bits per heavy atom. The number of alkyl halides is 3. The highest BCUT2D eigenvalue weighted by Crippen LogP contribution is 2.35. The van der Waals surface area contributed by atoms with Gasteiger partial charge < -0.3 is 5.32 Å². The van der Waals surface area contributed by atoms with Crippen molar-refractivity contribution in [3.63, 3.8) is 0 Å². The zero-order valence-electron chi connectivity index (χ0n) is 11.0. The molecule has 6 nitrogen and oxygen atoms in total. The van der Waals surface area contributed by atoms with Crippen molar-refractivity contribution in [2.75, 3.05) is 5.32 Å². The van der Waals surface area contributed by atoms with E-state index in [0.29, 0.717) is 11.0 Å². The molecule has 2 aromatic rings. The third-order valence-corrected chi connectivity index (χ3v) is 3.29. The molecular weight excluding hydrogens is 355 g/mol. The van der Waals surface area contributed by atoms with Gasteiger partial charge in [0, 0.05) is 12.7 Å². The number of aromatic amines is 1. The molecule has 2 aromatic heterocycles. The average Bonchev–Trinajstić information content (AvgIpc) is 2.93. The van der Waals surface area contributed by atoms with Crippen molar-refractivity contribution in [2.45, 2.75) is 26.6 Å². The number of hydrogen-bond donors (Lipinski definition) is 2. The first kappa shape index (κ1) is 15.5. The fourth-order valence-electron chi connectivity index (χ4n) is 1.67. The van der Waals surface area contributed by atoms with E-state index >= 15 is 0 Å². The van der Waals surface area contributed by atoms with Gasteiger partial charge in [0.25, 0.3) is 5.91 Å². The third-order valence-electron chi connectivity index (χ3n) is 2.71. The number of aryl methyl sites for hydroxylation is 2. The highest BCUT2D eigenvalue weighted by molar-refractivity contribution is 9.10. The standard InChI is InChI=1S/C11H11BrF3N5O/c1-3-20-4-6(12)8(19-20)10(21)16-7-5(2)17-18-9(7)11(13,14)15/h4H,3H2,1-2H3,(H,16,21)(H,17,18). The van der Waals surface area contributed by atoms with E-state index in [9.17, 15) is 18.0 Å². The molecule has 0 aromatic carbocycles. The summed E-state index contributed by atoms with van der Waals surface area (Å²) in [6.45, 7) is 3.74. The maximum atomic E-state index is 12.8. The Bertz CT molecular complexity index is 676. The van der Waals surface area contributed by atoms with Gasteiger partial charge in [-0.3, -0.25) is 14.6 Å². The molecule has 2 N–H and O–H groups in total. The normalized spacial score (nSPS) is 11.7. The summed E-state index contributed by atoms with van der Waals surface area (Å²) in [4.78, 5) is 12.1. The van der Waals surface area contributed by atoms with Gasteiger partial charge in [-0.25, -0.2) is 0 Å². The minimum absolute atomic E-state index is 0.00516. The van der Waals surface area contributed by atoms with E-state index in [1.165, 1.54) is 11.6 Å². The van der Waals surface area contributed by atoms with Crippen LogP contribution in [0.2, 0.25) is 0 Å². The number of aromatic nitrogens is 4. The van der Waals surface area contributed by atoms with Crippen LogP contribution in [0.15, 0.2) is 10.7 Å². The zero-order valence-corrected chi connectivity index (χ0v) is 12.6. The highest BCUT2D eigenvalue weighted by atomic mass is 79.9. The summed E-state index contributed by atoms with van der Waals surface area (Å²) in [5, 5.41) is 11.6. The quantitative estimate of drug-likeness (QED) is 0.877. The van der Waals surface area contributed by atoms with Gasteiger partial charge in [-0.2, -0.15) is 23.4 Å². The Balaban J connectivity index is 2.32. The van der Waals surface area contributed by atoms with Crippen LogP contribution in [0, 0.1) is 6.92 Å². The Morgan fingerprint density at radius 2 is 2.19 bits per heavy atom. The molecule has 10 heteroatoms. The molecule has 0 atom stereocenters. The SMILES string of the molecule is CCn1cc(Br)c(C(=O)Nc2c(C(F)(F)F)n[nH]c2C)n1. The van der Waals surface area contributed by atoms with Crippen LogP contribution in [-0.4, -0.2) is 25.9 Å². The first-order chi connectivity index (χ1) is 9.74. The fraction of sp³-hybridized carbons (Fsp3) is 0.364. The summed E-state index contributed by atoms with van der Waals surface area (Å²) in [5.41, 5.74) is -1.45. The summed E-state index contributed by atoms with van der Waals surface area (Å²) >= 11 is 3.15. The summed E-state index contributed by atoms with van der Waals surface area (Å²) in [5.74, 6) is -0.746. The van der Waals surface area contributed by atoms with Crippen molar-refractivity contribution in [2.24, 2.45) is 0 Å². The molecule has 0 saturated carbocycles. The van der Waals surface area contributed by atoms with Crippen molar-refractivity contribution in [1.82, 2.24) is 20.0 Å². The van der Waals surface area contributed by atoms with Crippen molar-refractivity contribution < 1.29 is 18.0 Å². The predicted octanol–water partition coefficient (Wildman–Crippen LogP) is 2.97. The van der Waals surface area contributed by atoms with E-state index in [-0.39, 0.29) is 11.4 Å². The van der Waals surface area contributed by atoms with Crippen molar-refractivity contribution in [3.8, 4) is 0 Å². The van der Waals surface area contributed by atoms with Crippen molar-refractivity contribution in [3.05, 3.63) is 27.8 Å². The van der Waals surface area contributed by atoms with Crippen LogP contribution in [0.3, 0.4) is 0 Å². The minimum atomic E-state index is -4.66. The molecule has 0 aliphatic rings. The van der Waals surface area contributed by atoms with Crippen LogP contribution in [0.4, 0.5) is 18.9 Å². The van der Waals surface area contributed by atoms with Gasteiger partial charge in [-0.1, -0.05) is 0 Å². The molecule has 2 heterocycles. The second-order valence-corrected chi connectivity index (χ2v) is 5.06. The number of nitrogens with zero attached hydrogens (tertiary/aromatic N) is 3. The smallest absolute Gasteiger partial charge is 0.317 e. The Kier molecular flexibility index (Phi) is 4.08. The molecule has 0 bridgehead atoms. The molecule has 0 radical (unpaired) electrons. The molecule has 1 amide bonds. The summed E-state index contributed by atoms with van der Waals surface area (Å²) in [7, 11) is 0. The van der Waals surface area contributed by atoms with Gasteiger partial charge in [-0.15, -0.1) is 0 Å². The van der Waals surface area contributed by atoms with E-state index in [1.807, 2.05) is 6.92 Å². The predicted molar refractivity (Wildman–Crippen MR) is 71.9 cm³/mol. The van der Waals surface area contributed by atoms with Gasteiger partial charge in [0.2, 0.25) is 0 Å². The van der Waals surface area contributed by atoms with Crippen LogP contribution in [0.5, 0.6) is 0 Å². The first-order valence-electron chi connectivity index (χ1n) is 5.90. The summed E-state index contributed by atoms with van der Waals surface area (Å²) in [6.07, 6.45) is -3.09. The Morgan fingerprint density at radius 1 is 1.52 bits per heavy atom. The second kappa shape index (κ2) is 5.51. The average molecular weight is 366 g/mol. The molecular formula is C11H11BrF3N5O. The lowest BCUT2D eigenvalue weighted by atomic mass is 10.2. The molecule has 0 saturated heterocycles. The minimum Gasteiger partial charge on any atom is -0.317 e. The van der Waals surface area contributed by atoms with E-state index in [0.717, 1.165) is 0 Å². The molecule has 21 heavy (non-hydrogen) atoms. The maximum absolute atomic E-state index is 12.8. The topological polar surface area (TPSA) is 75.6 Å². The molecule has 0 aliphatic carbocycles. The molecule has 0 spiro atoms. The first-order valence-corrected chi connectivity index (χ1v) is 6.69. The number of amides is 1. The number of halogens is 4. The van der Waals surface area contributed by atoms with Gasteiger partial charge in [-0.05, 0) is 29.8 Å². The largest absolute Gasteiger partial charge is 0.437 e. The lowest BCUT2D eigenvalue weighted by Gasteiger charge is -2.08. The number of carbonyl (C=O) groups excluding carboxylic acids is 1.